The molecule has 116 valence electrons. The third-order valence-corrected chi connectivity index (χ3v) is 4.08. The number of rotatable bonds is 4. The Balaban J connectivity index is 2.06. The molecule has 0 bridgehead atoms. The number of benzene rings is 1. The normalized spacial score (nSPS) is 12.2. The zero-order chi connectivity index (χ0) is 16.1. The molecule has 1 atom stereocenters. The average molecular weight is 317 g/mol. The van der Waals surface area contributed by atoms with Crippen LogP contribution in [0.15, 0.2) is 41.4 Å². The maximum atomic E-state index is 12.1. The van der Waals surface area contributed by atoms with Gasteiger partial charge in [0, 0.05) is 22.5 Å². The molecular weight excluding hydrogens is 298 g/mol. The molecule has 3 amide bonds. The molecule has 0 aliphatic rings. The molecule has 1 heterocycles. The molecule has 1 aromatic carbocycles. The SMILES string of the molecule is CC(C)NC(=O)NC(=O)[C@@H](C)Sc1cccc2cccnc12. The molecule has 0 aliphatic carbocycles. The Morgan fingerprint density at radius 3 is 2.59 bits per heavy atom. The third-order valence-electron chi connectivity index (χ3n) is 2.93. The quantitative estimate of drug-likeness (QED) is 0.851. The number of aromatic nitrogens is 1. The van der Waals surface area contributed by atoms with Gasteiger partial charge in [-0.25, -0.2) is 4.79 Å². The van der Waals surface area contributed by atoms with Gasteiger partial charge >= 0.3 is 6.03 Å². The molecular formula is C16H19N3O2S. The molecule has 0 saturated carbocycles. The number of urea groups is 1. The minimum atomic E-state index is -0.469. The number of carbonyl (C=O) groups is 2. The standard InChI is InChI=1S/C16H19N3O2S/c1-10(2)18-16(21)19-15(20)11(3)22-13-8-4-6-12-7-5-9-17-14(12)13/h4-11H,1-3H3,(H2,18,19,20,21)/t11-/m1/s1. The van der Waals surface area contributed by atoms with E-state index >= 15 is 0 Å². The summed E-state index contributed by atoms with van der Waals surface area (Å²) in [7, 11) is 0. The predicted octanol–water partition coefficient (Wildman–Crippen LogP) is 2.95. The zero-order valence-corrected chi connectivity index (χ0v) is 13.6. The fourth-order valence-electron chi connectivity index (χ4n) is 1.93. The molecule has 0 aliphatic heterocycles. The highest BCUT2D eigenvalue weighted by Gasteiger charge is 2.18. The van der Waals surface area contributed by atoms with Crippen molar-refractivity contribution in [3.05, 3.63) is 36.5 Å². The number of fused-ring (bicyclic) bond motifs is 1. The number of nitrogens with one attached hydrogen (secondary N) is 2. The van der Waals surface area contributed by atoms with Gasteiger partial charge in [-0.2, -0.15) is 0 Å². The van der Waals surface area contributed by atoms with E-state index in [-0.39, 0.29) is 11.9 Å². The molecule has 0 spiro atoms. The van der Waals surface area contributed by atoms with Crippen molar-refractivity contribution in [3.8, 4) is 0 Å². The number of thioether (sulfide) groups is 1. The summed E-state index contributed by atoms with van der Waals surface area (Å²) in [5.74, 6) is -0.323. The van der Waals surface area contributed by atoms with Crippen molar-refractivity contribution in [1.29, 1.82) is 0 Å². The van der Waals surface area contributed by atoms with Gasteiger partial charge in [0.2, 0.25) is 5.91 Å². The second-order valence-corrected chi connectivity index (χ2v) is 6.59. The number of imide groups is 1. The highest BCUT2D eigenvalue weighted by molar-refractivity contribution is 8.00. The Kier molecular flexibility index (Phi) is 5.38. The van der Waals surface area contributed by atoms with Crippen molar-refractivity contribution < 1.29 is 9.59 Å². The first kappa shape index (κ1) is 16.3. The van der Waals surface area contributed by atoms with Crippen LogP contribution in [-0.2, 0) is 4.79 Å². The Morgan fingerprint density at radius 2 is 1.86 bits per heavy atom. The van der Waals surface area contributed by atoms with Gasteiger partial charge in [0.15, 0.2) is 0 Å². The van der Waals surface area contributed by atoms with E-state index in [2.05, 4.69) is 15.6 Å². The molecule has 5 nitrogen and oxygen atoms in total. The first-order chi connectivity index (χ1) is 10.5. The van der Waals surface area contributed by atoms with Crippen LogP contribution in [0.4, 0.5) is 4.79 Å². The number of carbonyl (C=O) groups excluding carboxylic acids is 2. The largest absolute Gasteiger partial charge is 0.336 e. The Hall–Kier alpha value is -2.08. The zero-order valence-electron chi connectivity index (χ0n) is 12.8. The molecule has 0 saturated heterocycles. The second-order valence-electron chi connectivity index (χ2n) is 5.21. The summed E-state index contributed by atoms with van der Waals surface area (Å²) in [6, 6.07) is 9.21. The van der Waals surface area contributed by atoms with Crippen molar-refractivity contribution in [1.82, 2.24) is 15.6 Å². The number of para-hydroxylation sites is 1. The van der Waals surface area contributed by atoms with Crippen molar-refractivity contribution in [2.75, 3.05) is 0 Å². The fraction of sp³-hybridized carbons (Fsp3) is 0.312. The van der Waals surface area contributed by atoms with E-state index < -0.39 is 11.3 Å². The average Bonchev–Trinajstić information content (AvgIpc) is 2.46. The van der Waals surface area contributed by atoms with Crippen LogP contribution in [0.2, 0.25) is 0 Å². The van der Waals surface area contributed by atoms with Crippen molar-refractivity contribution in [2.45, 2.75) is 37.0 Å². The molecule has 0 radical (unpaired) electrons. The highest BCUT2D eigenvalue weighted by Crippen LogP contribution is 2.29. The molecule has 0 unspecified atom stereocenters. The maximum Gasteiger partial charge on any atom is 0.321 e. The molecule has 0 fully saturated rings. The Labute approximate surface area is 133 Å². The first-order valence-corrected chi connectivity index (χ1v) is 7.97. The van der Waals surface area contributed by atoms with E-state index in [1.165, 1.54) is 11.8 Å². The smallest absolute Gasteiger partial charge is 0.321 e. The van der Waals surface area contributed by atoms with Crippen LogP contribution in [0.5, 0.6) is 0 Å². The lowest BCUT2D eigenvalue weighted by molar-refractivity contribution is -0.119. The number of hydrogen-bond acceptors (Lipinski definition) is 4. The third kappa shape index (κ3) is 4.21. The van der Waals surface area contributed by atoms with E-state index in [4.69, 9.17) is 0 Å². The maximum absolute atomic E-state index is 12.1. The van der Waals surface area contributed by atoms with E-state index in [9.17, 15) is 9.59 Å². The van der Waals surface area contributed by atoms with E-state index in [1.807, 2.05) is 44.2 Å². The van der Waals surface area contributed by atoms with Crippen LogP contribution < -0.4 is 10.6 Å². The lowest BCUT2D eigenvalue weighted by atomic mass is 10.2. The minimum absolute atomic E-state index is 0.0157. The van der Waals surface area contributed by atoms with Gasteiger partial charge in [0.05, 0.1) is 10.8 Å². The molecule has 2 aromatic rings. The number of pyridine rings is 1. The molecule has 1 aromatic heterocycles. The Bertz CT molecular complexity index is 683. The van der Waals surface area contributed by atoms with Crippen LogP contribution in [0.25, 0.3) is 10.9 Å². The fourth-order valence-corrected chi connectivity index (χ4v) is 2.91. The molecule has 2 N–H and O–H groups in total. The number of hydrogen-bond donors (Lipinski definition) is 2. The van der Waals surface area contributed by atoms with Gasteiger partial charge < -0.3 is 5.32 Å². The number of amides is 3. The topological polar surface area (TPSA) is 71.1 Å². The van der Waals surface area contributed by atoms with Crippen LogP contribution in [0.1, 0.15) is 20.8 Å². The summed E-state index contributed by atoms with van der Waals surface area (Å²) < 4.78 is 0. The van der Waals surface area contributed by atoms with Gasteiger partial charge in [0.25, 0.3) is 0 Å². The minimum Gasteiger partial charge on any atom is -0.336 e. The van der Waals surface area contributed by atoms with Crippen molar-refractivity contribution in [3.63, 3.8) is 0 Å². The lowest BCUT2D eigenvalue weighted by Gasteiger charge is -2.14. The summed E-state index contributed by atoms with van der Waals surface area (Å²) in [6.45, 7) is 5.44. The van der Waals surface area contributed by atoms with Crippen LogP contribution in [-0.4, -0.2) is 28.2 Å². The lowest BCUT2D eigenvalue weighted by Crippen LogP contribution is -2.45. The van der Waals surface area contributed by atoms with Gasteiger partial charge in [-0.05, 0) is 32.9 Å². The highest BCUT2D eigenvalue weighted by atomic mass is 32.2. The van der Waals surface area contributed by atoms with E-state index in [0.717, 1.165) is 15.8 Å². The van der Waals surface area contributed by atoms with Gasteiger partial charge in [0.1, 0.15) is 0 Å². The molecule has 22 heavy (non-hydrogen) atoms. The van der Waals surface area contributed by atoms with Crippen molar-refractivity contribution >= 4 is 34.6 Å². The van der Waals surface area contributed by atoms with E-state index in [1.54, 1.807) is 13.1 Å². The second kappa shape index (κ2) is 7.26. The van der Waals surface area contributed by atoms with Crippen LogP contribution in [0, 0.1) is 0 Å². The van der Waals surface area contributed by atoms with Crippen molar-refractivity contribution in [2.24, 2.45) is 0 Å². The van der Waals surface area contributed by atoms with Gasteiger partial charge in [-0.1, -0.05) is 18.2 Å². The number of nitrogens with zero attached hydrogens (tertiary/aromatic N) is 1. The summed E-state index contributed by atoms with van der Waals surface area (Å²) in [5, 5.41) is 5.61. The van der Waals surface area contributed by atoms with Gasteiger partial charge in [-0.3, -0.25) is 15.1 Å². The summed E-state index contributed by atoms with van der Waals surface area (Å²) >= 11 is 1.39. The Morgan fingerprint density at radius 1 is 1.14 bits per heavy atom. The summed E-state index contributed by atoms with van der Waals surface area (Å²) in [6.07, 6.45) is 1.73. The predicted molar refractivity (Wildman–Crippen MR) is 88.9 cm³/mol. The molecule has 6 heteroatoms. The summed E-state index contributed by atoms with van der Waals surface area (Å²) in [4.78, 5) is 28.9. The monoisotopic (exact) mass is 317 g/mol. The van der Waals surface area contributed by atoms with E-state index in [0.29, 0.717) is 0 Å². The van der Waals surface area contributed by atoms with Crippen LogP contribution in [0.3, 0.4) is 0 Å². The molecule has 2 rings (SSSR count). The van der Waals surface area contributed by atoms with Crippen LogP contribution >= 0.6 is 11.8 Å². The van der Waals surface area contributed by atoms with Gasteiger partial charge in [-0.15, -0.1) is 11.8 Å². The summed E-state index contributed by atoms with van der Waals surface area (Å²) in [5.41, 5.74) is 0.862. The first-order valence-electron chi connectivity index (χ1n) is 7.09.